The molecule has 8 heteroatoms. The minimum atomic E-state index is -3.73. The molecule has 0 radical (unpaired) electrons. The van der Waals surface area contributed by atoms with Crippen LogP contribution in [0.1, 0.15) is 21.7 Å². The average Bonchev–Trinajstić information content (AvgIpc) is 2.91. The van der Waals surface area contributed by atoms with Crippen LogP contribution in [0, 0.1) is 6.92 Å². The number of sulfonamides is 1. The highest BCUT2D eigenvalue weighted by molar-refractivity contribution is 7.89. The summed E-state index contributed by atoms with van der Waals surface area (Å²) in [7, 11) is -3.73. The molecule has 0 fully saturated rings. The highest BCUT2D eigenvalue weighted by atomic mass is 35.5. The zero-order chi connectivity index (χ0) is 18.9. The van der Waals surface area contributed by atoms with Gasteiger partial charge in [-0.15, -0.1) is 0 Å². The molecular formula is C18H16ClNO5S. The molecular weight excluding hydrogens is 378 g/mol. The van der Waals surface area contributed by atoms with Crippen LogP contribution in [0.2, 0.25) is 5.02 Å². The molecule has 136 valence electrons. The SMILES string of the molecule is Cc1c(C(=O)O)oc2ccc(S(=O)(=O)NCCc3cccc(Cl)c3)cc12. The van der Waals surface area contributed by atoms with Crippen molar-refractivity contribution in [1.29, 1.82) is 0 Å². The van der Waals surface area contributed by atoms with Crippen LogP contribution in [0.5, 0.6) is 0 Å². The zero-order valence-electron chi connectivity index (χ0n) is 13.8. The monoisotopic (exact) mass is 393 g/mol. The molecule has 3 rings (SSSR count). The Morgan fingerprint density at radius 3 is 2.69 bits per heavy atom. The zero-order valence-corrected chi connectivity index (χ0v) is 15.4. The molecule has 2 aromatic carbocycles. The average molecular weight is 394 g/mol. The quantitative estimate of drug-likeness (QED) is 0.666. The number of benzene rings is 2. The van der Waals surface area contributed by atoms with E-state index in [2.05, 4.69) is 4.72 Å². The number of nitrogens with one attached hydrogen (secondary N) is 1. The maximum atomic E-state index is 12.5. The van der Waals surface area contributed by atoms with E-state index >= 15 is 0 Å². The molecule has 0 aliphatic rings. The van der Waals surface area contributed by atoms with E-state index in [9.17, 15) is 13.2 Å². The fraction of sp³-hybridized carbons (Fsp3) is 0.167. The van der Waals surface area contributed by atoms with Crippen LogP contribution in [0.15, 0.2) is 51.8 Å². The fourth-order valence-corrected chi connectivity index (χ4v) is 3.95. The number of carboxylic acids is 1. The highest BCUT2D eigenvalue weighted by Gasteiger charge is 2.20. The van der Waals surface area contributed by atoms with Gasteiger partial charge in [-0.2, -0.15) is 0 Å². The summed E-state index contributed by atoms with van der Waals surface area (Å²) in [6.07, 6.45) is 0.496. The number of halogens is 1. The lowest BCUT2D eigenvalue weighted by molar-refractivity contribution is 0.0664. The van der Waals surface area contributed by atoms with E-state index in [0.717, 1.165) is 5.56 Å². The molecule has 0 atom stereocenters. The Labute approximate surface area is 155 Å². The fourth-order valence-electron chi connectivity index (χ4n) is 2.68. The van der Waals surface area contributed by atoms with E-state index in [4.69, 9.17) is 21.1 Å². The van der Waals surface area contributed by atoms with Crippen molar-refractivity contribution >= 4 is 38.6 Å². The molecule has 1 heterocycles. The van der Waals surface area contributed by atoms with Gasteiger partial charge in [0, 0.05) is 22.5 Å². The van der Waals surface area contributed by atoms with Crippen LogP contribution in [0.4, 0.5) is 0 Å². The Balaban J connectivity index is 1.80. The number of carbonyl (C=O) groups is 1. The molecule has 0 bridgehead atoms. The molecule has 0 unspecified atom stereocenters. The summed E-state index contributed by atoms with van der Waals surface area (Å²) in [5.41, 5.74) is 1.65. The summed E-state index contributed by atoms with van der Waals surface area (Å²) in [6, 6.07) is 11.5. The maximum Gasteiger partial charge on any atom is 0.372 e. The van der Waals surface area contributed by atoms with Gasteiger partial charge in [0.1, 0.15) is 5.58 Å². The number of hydrogen-bond donors (Lipinski definition) is 2. The van der Waals surface area contributed by atoms with E-state index in [-0.39, 0.29) is 17.2 Å². The highest BCUT2D eigenvalue weighted by Crippen LogP contribution is 2.27. The van der Waals surface area contributed by atoms with Gasteiger partial charge >= 0.3 is 5.97 Å². The molecule has 26 heavy (non-hydrogen) atoms. The van der Waals surface area contributed by atoms with E-state index in [1.54, 1.807) is 19.1 Å². The molecule has 0 aliphatic carbocycles. The first kappa shape index (κ1) is 18.4. The molecule has 0 saturated carbocycles. The van der Waals surface area contributed by atoms with Crippen LogP contribution in [-0.4, -0.2) is 26.0 Å². The Kier molecular flexibility index (Phi) is 5.04. The number of rotatable bonds is 6. The second-order valence-electron chi connectivity index (χ2n) is 5.80. The minimum absolute atomic E-state index is 0.0527. The second-order valence-corrected chi connectivity index (χ2v) is 8.00. The van der Waals surface area contributed by atoms with Crippen molar-refractivity contribution < 1.29 is 22.7 Å². The summed E-state index contributed by atoms with van der Waals surface area (Å²) >= 11 is 5.91. The van der Waals surface area contributed by atoms with Crippen molar-refractivity contribution in [1.82, 2.24) is 4.72 Å². The van der Waals surface area contributed by atoms with Crippen molar-refractivity contribution in [3.8, 4) is 0 Å². The molecule has 0 spiro atoms. The molecule has 0 aliphatic heterocycles. The Morgan fingerprint density at radius 1 is 1.23 bits per heavy atom. The van der Waals surface area contributed by atoms with Gasteiger partial charge in [0.15, 0.2) is 0 Å². The first-order valence-corrected chi connectivity index (χ1v) is 9.64. The predicted octanol–water partition coefficient (Wildman–Crippen LogP) is 3.61. The van der Waals surface area contributed by atoms with Gasteiger partial charge in [-0.1, -0.05) is 23.7 Å². The van der Waals surface area contributed by atoms with Crippen LogP contribution in [-0.2, 0) is 16.4 Å². The number of furan rings is 1. The third-order valence-corrected chi connectivity index (χ3v) is 5.70. The molecule has 0 amide bonds. The summed E-state index contributed by atoms with van der Waals surface area (Å²) in [5, 5.41) is 10.2. The minimum Gasteiger partial charge on any atom is -0.475 e. The van der Waals surface area contributed by atoms with Gasteiger partial charge in [-0.25, -0.2) is 17.9 Å². The lowest BCUT2D eigenvalue weighted by atomic mass is 10.1. The Hall–Kier alpha value is -2.35. The molecule has 6 nitrogen and oxygen atoms in total. The van der Waals surface area contributed by atoms with E-state index in [0.29, 0.717) is 28.0 Å². The first-order chi connectivity index (χ1) is 12.3. The Bertz CT molecular complexity index is 1090. The van der Waals surface area contributed by atoms with Crippen LogP contribution < -0.4 is 4.72 Å². The third kappa shape index (κ3) is 3.75. The lowest BCUT2D eigenvalue weighted by Gasteiger charge is -2.07. The number of carboxylic acid groups (broad SMARTS) is 1. The van der Waals surface area contributed by atoms with Crippen LogP contribution >= 0.6 is 11.6 Å². The number of aryl methyl sites for hydroxylation is 1. The number of hydrogen-bond acceptors (Lipinski definition) is 4. The predicted molar refractivity (Wildman–Crippen MR) is 98.3 cm³/mol. The van der Waals surface area contributed by atoms with Gasteiger partial charge in [-0.3, -0.25) is 0 Å². The normalized spacial score (nSPS) is 11.8. The van der Waals surface area contributed by atoms with Crippen molar-refractivity contribution in [2.45, 2.75) is 18.2 Å². The lowest BCUT2D eigenvalue weighted by Crippen LogP contribution is -2.26. The standard InChI is InChI=1S/C18H16ClNO5S/c1-11-15-10-14(5-6-16(15)25-17(11)18(21)22)26(23,24)20-8-7-12-3-2-4-13(19)9-12/h2-6,9-10,20H,7-8H2,1H3,(H,21,22). The van der Waals surface area contributed by atoms with Gasteiger partial charge in [0.25, 0.3) is 0 Å². The summed E-state index contributed by atoms with van der Waals surface area (Å²) in [5.74, 6) is -1.38. The second kappa shape index (κ2) is 7.11. The van der Waals surface area contributed by atoms with Crippen molar-refractivity contribution in [3.05, 3.63) is 64.4 Å². The van der Waals surface area contributed by atoms with E-state index < -0.39 is 16.0 Å². The van der Waals surface area contributed by atoms with Gasteiger partial charge in [0.2, 0.25) is 15.8 Å². The molecule has 3 aromatic rings. The Morgan fingerprint density at radius 2 is 2.00 bits per heavy atom. The van der Waals surface area contributed by atoms with Crippen molar-refractivity contribution in [3.63, 3.8) is 0 Å². The molecule has 1 aromatic heterocycles. The molecule has 2 N–H and O–H groups in total. The largest absolute Gasteiger partial charge is 0.475 e. The van der Waals surface area contributed by atoms with Crippen molar-refractivity contribution in [2.75, 3.05) is 6.54 Å². The summed E-state index contributed by atoms with van der Waals surface area (Å²) < 4.78 is 32.8. The first-order valence-electron chi connectivity index (χ1n) is 7.78. The number of fused-ring (bicyclic) bond motifs is 1. The topological polar surface area (TPSA) is 96.6 Å². The summed E-state index contributed by atoms with van der Waals surface area (Å²) in [4.78, 5) is 11.2. The van der Waals surface area contributed by atoms with Crippen molar-refractivity contribution in [2.24, 2.45) is 0 Å². The number of aromatic carboxylic acids is 1. The van der Waals surface area contributed by atoms with Crippen LogP contribution in [0.3, 0.4) is 0 Å². The maximum absolute atomic E-state index is 12.5. The van der Waals surface area contributed by atoms with Gasteiger partial charge < -0.3 is 9.52 Å². The van der Waals surface area contributed by atoms with Gasteiger partial charge in [-0.05, 0) is 49.2 Å². The van der Waals surface area contributed by atoms with E-state index in [1.807, 2.05) is 12.1 Å². The third-order valence-electron chi connectivity index (χ3n) is 4.01. The smallest absolute Gasteiger partial charge is 0.372 e. The van der Waals surface area contributed by atoms with Crippen LogP contribution in [0.25, 0.3) is 11.0 Å². The summed E-state index contributed by atoms with van der Waals surface area (Å²) in [6.45, 7) is 1.80. The molecule has 0 saturated heterocycles. The van der Waals surface area contributed by atoms with Gasteiger partial charge in [0.05, 0.1) is 4.90 Å². The van der Waals surface area contributed by atoms with E-state index in [1.165, 1.54) is 18.2 Å².